The molecule has 7 nitrogen and oxygen atoms in total. The molecule has 0 aliphatic rings. The van der Waals surface area contributed by atoms with E-state index in [2.05, 4.69) is 20.3 Å². The fourth-order valence-corrected chi connectivity index (χ4v) is 2.77. The standard InChI is InChI=1S/C18H14N4O3/c1-25-11-4-2-3-10(7-11)20-17-12-5-6-19-9-13(12)16-14(22-17)8-15(21-16)18(23)24/h2-9,21H,1H3,(H,20,22)(H,23,24). The Morgan fingerprint density at radius 3 is 2.92 bits per heavy atom. The molecule has 0 unspecified atom stereocenters. The number of aromatic nitrogens is 3. The highest BCUT2D eigenvalue weighted by Crippen LogP contribution is 2.31. The minimum absolute atomic E-state index is 0.0891. The Bertz CT molecular complexity index is 1100. The summed E-state index contributed by atoms with van der Waals surface area (Å²) < 4.78 is 5.24. The van der Waals surface area contributed by atoms with Crippen molar-refractivity contribution >= 4 is 39.3 Å². The summed E-state index contributed by atoms with van der Waals surface area (Å²) in [4.78, 5) is 22.9. The number of methoxy groups -OCH3 is 1. The van der Waals surface area contributed by atoms with Crippen molar-refractivity contribution in [3.05, 3.63) is 54.5 Å². The van der Waals surface area contributed by atoms with Gasteiger partial charge < -0.3 is 20.1 Å². The van der Waals surface area contributed by atoms with E-state index >= 15 is 0 Å². The normalized spacial score (nSPS) is 10.9. The third kappa shape index (κ3) is 2.61. The van der Waals surface area contributed by atoms with Crippen LogP contribution in [0.15, 0.2) is 48.8 Å². The van der Waals surface area contributed by atoms with Crippen LogP contribution in [0, 0.1) is 0 Å². The summed E-state index contributed by atoms with van der Waals surface area (Å²) in [6.07, 6.45) is 3.37. The molecule has 4 rings (SSSR count). The van der Waals surface area contributed by atoms with Crippen molar-refractivity contribution in [3.63, 3.8) is 0 Å². The van der Waals surface area contributed by atoms with Gasteiger partial charge in [-0.25, -0.2) is 9.78 Å². The number of aromatic amines is 1. The number of carbonyl (C=O) groups is 1. The number of anilines is 2. The van der Waals surface area contributed by atoms with E-state index in [0.717, 1.165) is 22.2 Å². The minimum Gasteiger partial charge on any atom is -0.497 e. The van der Waals surface area contributed by atoms with Gasteiger partial charge >= 0.3 is 5.97 Å². The van der Waals surface area contributed by atoms with E-state index in [0.29, 0.717) is 16.9 Å². The van der Waals surface area contributed by atoms with Crippen LogP contribution in [0.3, 0.4) is 0 Å². The van der Waals surface area contributed by atoms with E-state index in [9.17, 15) is 9.90 Å². The number of fused-ring (bicyclic) bond motifs is 3. The number of nitrogens with zero attached hydrogens (tertiary/aromatic N) is 2. The molecular weight excluding hydrogens is 320 g/mol. The highest BCUT2D eigenvalue weighted by atomic mass is 16.5. The zero-order valence-corrected chi connectivity index (χ0v) is 13.3. The molecule has 3 heterocycles. The number of carboxylic acids is 1. The van der Waals surface area contributed by atoms with Crippen LogP contribution < -0.4 is 10.1 Å². The predicted molar refractivity (Wildman–Crippen MR) is 94.6 cm³/mol. The second-order valence-electron chi connectivity index (χ2n) is 5.49. The number of rotatable bonds is 4. The maximum absolute atomic E-state index is 11.2. The molecule has 0 radical (unpaired) electrons. The summed E-state index contributed by atoms with van der Waals surface area (Å²) in [5.74, 6) is 0.318. The lowest BCUT2D eigenvalue weighted by Gasteiger charge is -2.10. The second-order valence-corrected chi connectivity index (χ2v) is 5.49. The Labute approximate surface area is 142 Å². The van der Waals surface area contributed by atoms with Crippen molar-refractivity contribution in [2.75, 3.05) is 12.4 Å². The van der Waals surface area contributed by atoms with E-state index in [1.807, 2.05) is 30.3 Å². The molecule has 124 valence electrons. The molecule has 0 saturated heterocycles. The largest absolute Gasteiger partial charge is 0.497 e. The maximum Gasteiger partial charge on any atom is 0.352 e. The van der Waals surface area contributed by atoms with Gasteiger partial charge in [0.15, 0.2) is 0 Å². The van der Waals surface area contributed by atoms with Gasteiger partial charge in [-0.2, -0.15) is 0 Å². The van der Waals surface area contributed by atoms with E-state index in [1.165, 1.54) is 6.07 Å². The van der Waals surface area contributed by atoms with E-state index < -0.39 is 5.97 Å². The fourth-order valence-electron chi connectivity index (χ4n) is 2.77. The van der Waals surface area contributed by atoms with Crippen molar-refractivity contribution in [1.82, 2.24) is 15.0 Å². The number of pyridine rings is 2. The van der Waals surface area contributed by atoms with Crippen LogP contribution in [-0.2, 0) is 0 Å². The van der Waals surface area contributed by atoms with Gasteiger partial charge in [0.2, 0.25) is 0 Å². The molecular formula is C18H14N4O3. The van der Waals surface area contributed by atoms with Gasteiger partial charge in [-0.05, 0) is 24.3 Å². The summed E-state index contributed by atoms with van der Waals surface area (Å²) in [6, 6.07) is 10.9. The zero-order chi connectivity index (χ0) is 17.4. The molecule has 0 aliphatic heterocycles. The van der Waals surface area contributed by atoms with Crippen molar-refractivity contribution in [3.8, 4) is 5.75 Å². The quantitative estimate of drug-likeness (QED) is 0.527. The van der Waals surface area contributed by atoms with Gasteiger partial charge in [0, 0.05) is 34.9 Å². The monoisotopic (exact) mass is 334 g/mol. The molecule has 25 heavy (non-hydrogen) atoms. The van der Waals surface area contributed by atoms with Crippen LogP contribution in [0.1, 0.15) is 10.5 Å². The van der Waals surface area contributed by atoms with Crippen molar-refractivity contribution in [2.24, 2.45) is 0 Å². The highest BCUT2D eigenvalue weighted by Gasteiger charge is 2.14. The molecule has 1 aromatic carbocycles. The lowest BCUT2D eigenvalue weighted by atomic mass is 10.1. The number of hydrogen-bond donors (Lipinski definition) is 3. The number of benzene rings is 1. The molecule has 0 atom stereocenters. The van der Waals surface area contributed by atoms with Crippen LogP contribution in [0.4, 0.5) is 11.5 Å². The smallest absolute Gasteiger partial charge is 0.352 e. The Morgan fingerprint density at radius 2 is 2.12 bits per heavy atom. The highest BCUT2D eigenvalue weighted by molar-refractivity contribution is 6.10. The van der Waals surface area contributed by atoms with Gasteiger partial charge in [-0.3, -0.25) is 4.98 Å². The Balaban J connectivity index is 1.90. The van der Waals surface area contributed by atoms with Gasteiger partial charge in [0.05, 0.1) is 18.1 Å². The molecule has 0 spiro atoms. The Morgan fingerprint density at radius 1 is 1.24 bits per heavy atom. The summed E-state index contributed by atoms with van der Waals surface area (Å²) >= 11 is 0. The zero-order valence-electron chi connectivity index (χ0n) is 13.3. The third-order valence-corrected chi connectivity index (χ3v) is 3.94. The topological polar surface area (TPSA) is 100 Å². The van der Waals surface area contributed by atoms with Gasteiger partial charge in [0.25, 0.3) is 0 Å². The molecule has 4 aromatic rings. The first-order chi connectivity index (χ1) is 12.2. The third-order valence-electron chi connectivity index (χ3n) is 3.94. The van der Waals surface area contributed by atoms with E-state index in [-0.39, 0.29) is 5.69 Å². The number of hydrogen-bond acceptors (Lipinski definition) is 5. The van der Waals surface area contributed by atoms with E-state index in [1.54, 1.807) is 19.5 Å². The summed E-state index contributed by atoms with van der Waals surface area (Å²) in [5.41, 5.74) is 2.12. The molecule has 0 saturated carbocycles. The molecule has 0 aliphatic carbocycles. The number of H-pyrrole nitrogens is 1. The average Bonchev–Trinajstić information content (AvgIpc) is 3.07. The number of nitrogens with one attached hydrogen (secondary N) is 2. The van der Waals surface area contributed by atoms with Crippen LogP contribution in [-0.4, -0.2) is 33.1 Å². The van der Waals surface area contributed by atoms with Crippen molar-refractivity contribution in [1.29, 1.82) is 0 Å². The number of aromatic carboxylic acids is 1. The molecule has 0 amide bonds. The first-order valence-electron chi connectivity index (χ1n) is 7.56. The lowest BCUT2D eigenvalue weighted by molar-refractivity contribution is 0.0691. The number of ether oxygens (including phenoxy) is 1. The second kappa shape index (κ2) is 5.79. The van der Waals surface area contributed by atoms with Crippen LogP contribution >= 0.6 is 0 Å². The van der Waals surface area contributed by atoms with Crippen LogP contribution in [0.25, 0.3) is 21.8 Å². The van der Waals surface area contributed by atoms with Gasteiger partial charge in [0.1, 0.15) is 17.3 Å². The summed E-state index contributed by atoms with van der Waals surface area (Å²) in [7, 11) is 1.61. The molecule has 0 bridgehead atoms. The molecule has 0 fully saturated rings. The molecule has 3 aromatic heterocycles. The summed E-state index contributed by atoms with van der Waals surface area (Å²) in [6.45, 7) is 0. The van der Waals surface area contributed by atoms with Crippen molar-refractivity contribution in [2.45, 2.75) is 0 Å². The lowest BCUT2D eigenvalue weighted by Crippen LogP contribution is -1.96. The first kappa shape index (κ1) is 14.9. The first-order valence-corrected chi connectivity index (χ1v) is 7.56. The fraction of sp³-hybridized carbons (Fsp3) is 0.0556. The van der Waals surface area contributed by atoms with Crippen LogP contribution in [0.2, 0.25) is 0 Å². The molecule has 3 N–H and O–H groups in total. The summed E-state index contributed by atoms with van der Waals surface area (Å²) in [5, 5.41) is 14.1. The maximum atomic E-state index is 11.2. The van der Waals surface area contributed by atoms with Gasteiger partial charge in [-0.1, -0.05) is 6.07 Å². The van der Waals surface area contributed by atoms with E-state index in [4.69, 9.17) is 4.74 Å². The number of carboxylic acid groups (broad SMARTS) is 1. The predicted octanol–water partition coefficient (Wildman–Crippen LogP) is 3.56. The van der Waals surface area contributed by atoms with Crippen LogP contribution in [0.5, 0.6) is 5.75 Å². The van der Waals surface area contributed by atoms with Crippen molar-refractivity contribution < 1.29 is 14.6 Å². The minimum atomic E-state index is -1.03. The Hall–Kier alpha value is -3.61. The van der Waals surface area contributed by atoms with Gasteiger partial charge in [-0.15, -0.1) is 0 Å². The average molecular weight is 334 g/mol. The molecule has 7 heteroatoms. The Kier molecular flexibility index (Phi) is 3.46. The SMILES string of the molecule is COc1cccc(Nc2nc3cc(C(=O)O)[nH]c3c3cnccc23)c1.